The fourth-order valence-corrected chi connectivity index (χ4v) is 3.76. The highest BCUT2D eigenvalue weighted by atomic mass is 16.5. The molecule has 0 saturated carbocycles. The zero-order valence-electron chi connectivity index (χ0n) is 16.8. The number of aliphatic imine (C=N–C) groups is 1. The minimum absolute atomic E-state index is 0.0197. The molecule has 1 aromatic carbocycles. The van der Waals surface area contributed by atoms with E-state index in [4.69, 9.17) is 4.74 Å². The Hall–Kier alpha value is -2.08. The summed E-state index contributed by atoms with van der Waals surface area (Å²) in [6, 6.07) is 11.0. The third-order valence-electron chi connectivity index (χ3n) is 5.66. The third kappa shape index (κ3) is 5.01. The van der Waals surface area contributed by atoms with Gasteiger partial charge in [-0.25, -0.2) is 4.99 Å². The summed E-state index contributed by atoms with van der Waals surface area (Å²) in [6.07, 6.45) is 3.03. The van der Waals surface area contributed by atoms with E-state index in [1.54, 1.807) is 19.0 Å². The smallest absolute Gasteiger partial charge is 0.243 e. The standard InChI is InChI=1S/C21H32N4O2/c1-21(17-7-5-4-6-8-17)11-12-25(16-21)20(22-15-19(26)24(2)3)23-18-9-13-27-14-10-18/h4-8,18H,9-16H2,1-3H3,(H,22,23). The number of likely N-dealkylation sites (N-methyl/N-ethyl adjacent to an activating group) is 1. The van der Waals surface area contributed by atoms with Crippen LogP contribution >= 0.6 is 0 Å². The van der Waals surface area contributed by atoms with E-state index in [1.165, 1.54) is 5.56 Å². The Balaban J connectivity index is 1.73. The molecule has 6 heteroatoms. The van der Waals surface area contributed by atoms with Gasteiger partial charge in [0.25, 0.3) is 0 Å². The van der Waals surface area contributed by atoms with E-state index in [-0.39, 0.29) is 17.9 Å². The Morgan fingerprint density at radius 2 is 2.00 bits per heavy atom. The topological polar surface area (TPSA) is 57.2 Å². The molecule has 0 bridgehead atoms. The molecular formula is C21H32N4O2. The molecule has 1 N–H and O–H groups in total. The minimum Gasteiger partial charge on any atom is -0.381 e. The van der Waals surface area contributed by atoms with Crippen molar-refractivity contribution >= 4 is 11.9 Å². The summed E-state index contributed by atoms with van der Waals surface area (Å²) < 4.78 is 5.47. The first-order valence-electron chi connectivity index (χ1n) is 9.87. The number of hydrogen-bond acceptors (Lipinski definition) is 3. The molecule has 1 atom stereocenters. The van der Waals surface area contributed by atoms with Gasteiger partial charge in [0.2, 0.25) is 5.91 Å². The lowest BCUT2D eigenvalue weighted by molar-refractivity contribution is -0.127. The van der Waals surface area contributed by atoms with Gasteiger partial charge in [-0.2, -0.15) is 0 Å². The molecule has 3 rings (SSSR count). The van der Waals surface area contributed by atoms with Crippen molar-refractivity contribution in [1.82, 2.24) is 15.1 Å². The lowest BCUT2D eigenvalue weighted by Gasteiger charge is -2.31. The van der Waals surface area contributed by atoms with E-state index < -0.39 is 0 Å². The number of guanidine groups is 1. The number of carbonyl (C=O) groups excluding carboxylic acids is 1. The van der Waals surface area contributed by atoms with Crippen LogP contribution in [0, 0.1) is 0 Å². The monoisotopic (exact) mass is 372 g/mol. The Kier molecular flexibility index (Phi) is 6.37. The van der Waals surface area contributed by atoms with Crippen LogP contribution in [0.25, 0.3) is 0 Å². The van der Waals surface area contributed by atoms with Crippen LogP contribution in [-0.4, -0.2) is 74.7 Å². The molecule has 1 aromatic rings. The van der Waals surface area contributed by atoms with Crippen LogP contribution in [-0.2, 0) is 14.9 Å². The van der Waals surface area contributed by atoms with E-state index in [0.717, 1.165) is 51.5 Å². The van der Waals surface area contributed by atoms with Crippen molar-refractivity contribution in [2.24, 2.45) is 4.99 Å². The first-order valence-corrected chi connectivity index (χ1v) is 9.87. The second-order valence-corrected chi connectivity index (χ2v) is 8.06. The van der Waals surface area contributed by atoms with Crippen molar-refractivity contribution in [2.75, 3.05) is 46.9 Å². The highest BCUT2D eigenvalue weighted by Gasteiger charge is 2.37. The number of ether oxygens (including phenoxy) is 1. The first kappa shape index (κ1) is 19.7. The average Bonchev–Trinajstić information content (AvgIpc) is 3.09. The molecule has 6 nitrogen and oxygen atoms in total. The van der Waals surface area contributed by atoms with Gasteiger partial charge in [-0.05, 0) is 24.8 Å². The molecule has 0 spiro atoms. The molecule has 0 radical (unpaired) electrons. The van der Waals surface area contributed by atoms with Crippen LogP contribution in [0.5, 0.6) is 0 Å². The number of nitrogens with zero attached hydrogens (tertiary/aromatic N) is 3. The molecule has 2 heterocycles. The summed E-state index contributed by atoms with van der Waals surface area (Å²) in [4.78, 5) is 20.6. The number of rotatable bonds is 4. The van der Waals surface area contributed by atoms with E-state index >= 15 is 0 Å². The highest BCUT2D eigenvalue weighted by molar-refractivity contribution is 5.85. The molecule has 148 valence electrons. The number of benzene rings is 1. The predicted octanol–water partition coefficient (Wildman–Crippen LogP) is 1.86. The van der Waals surface area contributed by atoms with Crippen molar-refractivity contribution in [3.05, 3.63) is 35.9 Å². The molecule has 2 aliphatic rings. The van der Waals surface area contributed by atoms with Gasteiger partial charge < -0.3 is 19.9 Å². The Morgan fingerprint density at radius 1 is 1.30 bits per heavy atom. The largest absolute Gasteiger partial charge is 0.381 e. The maximum Gasteiger partial charge on any atom is 0.243 e. The van der Waals surface area contributed by atoms with Crippen molar-refractivity contribution < 1.29 is 9.53 Å². The summed E-state index contributed by atoms with van der Waals surface area (Å²) in [7, 11) is 3.54. The summed E-state index contributed by atoms with van der Waals surface area (Å²) in [5.41, 5.74) is 1.47. The van der Waals surface area contributed by atoms with Crippen LogP contribution in [0.2, 0.25) is 0 Å². The second-order valence-electron chi connectivity index (χ2n) is 8.06. The maximum atomic E-state index is 12.1. The summed E-state index contributed by atoms with van der Waals surface area (Å²) in [5.74, 6) is 0.878. The molecule has 2 aliphatic heterocycles. The van der Waals surface area contributed by atoms with E-state index in [9.17, 15) is 4.79 Å². The summed E-state index contributed by atoms with van der Waals surface area (Å²) >= 11 is 0. The van der Waals surface area contributed by atoms with Gasteiger partial charge in [-0.15, -0.1) is 0 Å². The normalized spacial score (nSPS) is 24.1. The summed E-state index contributed by atoms with van der Waals surface area (Å²) in [5, 5.41) is 3.61. The first-order chi connectivity index (χ1) is 13.0. The quantitative estimate of drug-likeness (QED) is 0.648. The second kappa shape index (κ2) is 8.74. The van der Waals surface area contributed by atoms with E-state index in [1.807, 2.05) is 0 Å². The third-order valence-corrected chi connectivity index (χ3v) is 5.66. The van der Waals surface area contributed by atoms with Crippen LogP contribution in [0.4, 0.5) is 0 Å². The van der Waals surface area contributed by atoms with Crippen molar-refractivity contribution in [3.8, 4) is 0 Å². The van der Waals surface area contributed by atoms with E-state index in [0.29, 0.717) is 6.04 Å². The lowest BCUT2D eigenvalue weighted by Crippen LogP contribution is -2.48. The maximum absolute atomic E-state index is 12.1. The average molecular weight is 373 g/mol. The van der Waals surface area contributed by atoms with Crippen molar-refractivity contribution in [1.29, 1.82) is 0 Å². The van der Waals surface area contributed by atoms with Crippen molar-refractivity contribution in [3.63, 3.8) is 0 Å². The number of carbonyl (C=O) groups is 1. The van der Waals surface area contributed by atoms with Gasteiger partial charge in [-0.1, -0.05) is 37.3 Å². The van der Waals surface area contributed by atoms with Gasteiger partial charge in [-0.3, -0.25) is 4.79 Å². The Morgan fingerprint density at radius 3 is 2.67 bits per heavy atom. The number of likely N-dealkylation sites (tertiary alicyclic amines) is 1. The van der Waals surface area contributed by atoms with Gasteiger partial charge in [0.15, 0.2) is 5.96 Å². The predicted molar refractivity (Wildman–Crippen MR) is 108 cm³/mol. The van der Waals surface area contributed by atoms with Gasteiger partial charge in [0.05, 0.1) is 0 Å². The number of hydrogen-bond donors (Lipinski definition) is 1. The van der Waals surface area contributed by atoms with Gasteiger partial charge in [0.1, 0.15) is 6.54 Å². The van der Waals surface area contributed by atoms with Crippen LogP contribution in [0.15, 0.2) is 35.3 Å². The molecular weight excluding hydrogens is 340 g/mol. The van der Waals surface area contributed by atoms with Gasteiger partial charge >= 0.3 is 0 Å². The molecule has 2 fully saturated rings. The lowest BCUT2D eigenvalue weighted by atomic mass is 9.82. The molecule has 0 aliphatic carbocycles. The molecule has 2 saturated heterocycles. The molecule has 0 aromatic heterocycles. The Bertz CT molecular complexity index is 655. The molecule has 27 heavy (non-hydrogen) atoms. The molecule has 1 unspecified atom stereocenters. The van der Waals surface area contributed by atoms with Crippen molar-refractivity contribution in [2.45, 2.75) is 37.6 Å². The zero-order chi connectivity index (χ0) is 19.3. The summed E-state index contributed by atoms with van der Waals surface area (Å²) in [6.45, 7) is 5.90. The number of amides is 1. The molecule has 1 amide bonds. The fraction of sp³-hybridized carbons (Fsp3) is 0.619. The van der Waals surface area contributed by atoms with E-state index in [2.05, 4.69) is 52.5 Å². The van der Waals surface area contributed by atoms with Crippen LogP contribution in [0.1, 0.15) is 31.7 Å². The number of nitrogens with one attached hydrogen (secondary N) is 1. The van der Waals surface area contributed by atoms with Crippen LogP contribution in [0.3, 0.4) is 0 Å². The minimum atomic E-state index is 0.0197. The van der Waals surface area contributed by atoms with Gasteiger partial charge in [0, 0.05) is 51.9 Å². The van der Waals surface area contributed by atoms with Crippen LogP contribution < -0.4 is 5.32 Å². The Labute approximate surface area is 162 Å². The fourth-order valence-electron chi connectivity index (χ4n) is 3.76. The zero-order valence-corrected chi connectivity index (χ0v) is 16.8. The highest BCUT2D eigenvalue weighted by Crippen LogP contribution is 2.34. The SMILES string of the molecule is CN(C)C(=O)CN=C(NC1CCOCC1)N1CCC(C)(c2ccccc2)C1.